The van der Waals surface area contributed by atoms with Gasteiger partial charge < -0.3 is 5.32 Å². The largest absolute Gasteiger partial charge is 0.324 e. The minimum atomic E-state index is -0.0923. The first-order valence-corrected chi connectivity index (χ1v) is 9.24. The van der Waals surface area contributed by atoms with Crippen LogP contribution in [0.1, 0.15) is 55.3 Å². The normalized spacial score (nSPS) is 14.2. The van der Waals surface area contributed by atoms with E-state index in [4.69, 9.17) is 0 Å². The molecule has 5 heteroatoms. The molecule has 2 heterocycles. The molecular weight excluding hydrogens is 324 g/mol. The first kappa shape index (κ1) is 16.8. The molecule has 4 rings (SSSR count). The van der Waals surface area contributed by atoms with E-state index in [-0.39, 0.29) is 12.5 Å². The Balaban J connectivity index is 1.53. The van der Waals surface area contributed by atoms with E-state index in [1.807, 2.05) is 25.3 Å². The molecule has 5 nitrogen and oxygen atoms in total. The summed E-state index contributed by atoms with van der Waals surface area (Å²) in [6.45, 7) is 6.47. The first-order valence-electron chi connectivity index (χ1n) is 9.24. The molecule has 0 unspecified atom stereocenters. The van der Waals surface area contributed by atoms with Crippen LogP contribution in [0.15, 0.2) is 36.5 Å². The number of hydrogen-bond donors (Lipinski definition) is 1. The second-order valence-corrected chi connectivity index (χ2v) is 7.44. The number of rotatable bonds is 5. The van der Waals surface area contributed by atoms with E-state index in [1.165, 1.54) is 24.0 Å². The molecule has 1 aliphatic carbocycles. The van der Waals surface area contributed by atoms with Gasteiger partial charge in [-0.25, -0.2) is 9.67 Å². The Kier molecular flexibility index (Phi) is 4.23. The number of aryl methyl sites for hydroxylation is 1. The number of aromatic nitrogens is 3. The fourth-order valence-electron chi connectivity index (χ4n) is 3.44. The van der Waals surface area contributed by atoms with Gasteiger partial charge in [-0.15, -0.1) is 0 Å². The summed E-state index contributed by atoms with van der Waals surface area (Å²) in [5, 5.41) is 8.64. The lowest BCUT2D eigenvalue weighted by atomic mass is 10.0. The van der Waals surface area contributed by atoms with Gasteiger partial charge in [0, 0.05) is 17.3 Å². The lowest BCUT2D eigenvalue weighted by Crippen LogP contribution is -2.19. The molecule has 1 N–H and O–H groups in total. The lowest BCUT2D eigenvalue weighted by Gasteiger charge is -2.09. The van der Waals surface area contributed by atoms with Crippen molar-refractivity contribution < 1.29 is 4.79 Å². The number of amides is 1. The second-order valence-electron chi connectivity index (χ2n) is 7.44. The maximum absolute atomic E-state index is 12.5. The number of carbonyl (C=O) groups is 1. The molecule has 1 fully saturated rings. The number of nitrogens with zero attached hydrogens (tertiary/aromatic N) is 3. The number of hydrogen-bond acceptors (Lipinski definition) is 3. The van der Waals surface area contributed by atoms with E-state index < -0.39 is 0 Å². The third kappa shape index (κ3) is 3.21. The summed E-state index contributed by atoms with van der Waals surface area (Å²) in [6, 6.07) is 10.1. The highest BCUT2D eigenvalue weighted by Crippen LogP contribution is 2.43. The van der Waals surface area contributed by atoms with Crippen LogP contribution in [0.4, 0.5) is 5.69 Å². The molecule has 0 bridgehead atoms. The van der Waals surface area contributed by atoms with Gasteiger partial charge in [-0.05, 0) is 60.9 Å². The summed E-state index contributed by atoms with van der Waals surface area (Å²) in [5.74, 6) is 1.01. The van der Waals surface area contributed by atoms with Gasteiger partial charge >= 0.3 is 0 Å². The molecule has 1 saturated carbocycles. The zero-order valence-corrected chi connectivity index (χ0v) is 15.5. The third-order valence-electron chi connectivity index (χ3n) is 5.01. The maximum Gasteiger partial charge on any atom is 0.246 e. The van der Waals surface area contributed by atoms with E-state index in [0.717, 1.165) is 22.4 Å². The minimum Gasteiger partial charge on any atom is -0.324 e. The fourth-order valence-corrected chi connectivity index (χ4v) is 3.44. The van der Waals surface area contributed by atoms with Crippen LogP contribution in [0, 0.1) is 6.92 Å². The van der Waals surface area contributed by atoms with Gasteiger partial charge in [-0.3, -0.25) is 4.79 Å². The van der Waals surface area contributed by atoms with Crippen molar-refractivity contribution in [3.8, 4) is 0 Å². The van der Waals surface area contributed by atoms with E-state index >= 15 is 0 Å². The summed E-state index contributed by atoms with van der Waals surface area (Å²) in [4.78, 5) is 17.0. The quantitative estimate of drug-likeness (QED) is 0.744. The predicted molar refractivity (Wildman–Crippen MR) is 103 cm³/mol. The summed E-state index contributed by atoms with van der Waals surface area (Å²) in [7, 11) is 0. The van der Waals surface area contributed by atoms with Crippen molar-refractivity contribution in [2.75, 3.05) is 5.32 Å². The Morgan fingerprint density at radius 2 is 1.96 bits per heavy atom. The SMILES string of the molecule is Cc1nn(CC(=O)Nc2ccc(C(C)C)cc2)c2nccc(C3CC3)c12. The summed E-state index contributed by atoms with van der Waals surface area (Å²) < 4.78 is 1.72. The molecule has 2 aromatic heterocycles. The van der Waals surface area contributed by atoms with Crippen molar-refractivity contribution in [3.63, 3.8) is 0 Å². The molecule has 1 amide bonds. The first-order chi connectivity index (χ1) is 12.5. The Labute approximate surface area is 153 Å². The van der Waals surface area contributed by atoms with Crippen LogP contribution >= 0.6 is 0 Å². The molecule has 0 radical (unpaired) electrons. The number of carbonyl (C=O) groups excluding carboxylic acids is 1. The van der Waals surface area contributed by atoms with Crippen LogP contribution < -0.4 is 5.32 Å². The topological polar surface area (TPSA) is 59.8 Å². The summed E-state index contributed by atoms with van der Waals surface area (Å²) >= 11 is 0. The molecule has 0 saturated heterocycles. The summed E-state index contributed by atoms with van der Waals surface area (Å²) in [6.07, 6.45) is 4.29. The zero-order chi connectivity index (χ0) is 18.3. The lowest BCUT2D eigenvalue weighted by molar-refractivity contribution is -0.116. The molecule has 1 aliphatic rings. The van der Waals surface area contributed by atoms with Gasteiger partial charge in [-0.1, -0.05) is 26.0 Å². The Morgan fingerprint density at radius 3 is 2.62 bits per heavy atom. The number of nitrogens with one attached hydrogen (secondary N) is 1. The molecule has 0 atom stereocenters. The fraction of sp³-hybridized carbons (Fsp3) is 0.381. The van der Waals surface area contributed by atoms with Crippen molar-refractivity contribution in [2.24, 2.45) is 0 Å². The van der Waals surface area contributed by atoms with E-state index in [0.29, 0.717) is 11.8 Å². The van der Waals surface area contributed by atoms with Crippen LogP contribution in [-0.4, -0.2) is 20.7 Å². The minimum absolute atomic E-state index is 0.0923. The van der Waals surface area contributed by atoms with E-state index in [2.05, 4.69) is 47.4 Å². The molecule has 1 aromatic carbocycles. The molecular formula is C21H24N4O. The number of anilines is 1. The highest BCUT2D eigenvalue weighted by Gasteiger charge is 2.27. The van der Waals surface area contributed by atoms with Crippen LogP contribution in [0.3, 0.4) is 0 Å². The number of fused-ring (bicyclic) bond motifs is 1. The standard InChI is InChI=1S/C21H24N4O/c1-13(2)15-6-8-17(9-7-15)23-19(26)12-25-21-20(14(3)24-25)18(10-11-22-21)16-4-5-16/h6-11,13,16H,4-5,12H2,1-3H3,(H,23,26). The van der Waals surface area contributed by atoms with Crippen molar-refractivity contribution in [1.82, 2.24) is 14.8 Å². The van der Waals surface area contributed by atoms with Crippen molar-refractivity contribution in [1.29, 1.82) is 0 Å². The molecule has 3 aromatic rings. The van der Waals surface area contributed by atoms with Gasteiger partial charge in [0.2, 0.25) is 5.91 Å². The van der Waals surface area contributed by atoms with Gasteiger partial charge in [0.25, 0.3) is 0 Å². The van der Waals surface area contributed by atoms with Crippen molar-refractivity contribution in [3.05, 3.63) is 53.3 Å². The van der Waals surface area contributed by atoms with Crippen LogP contribution in [0.5, 0.6) is 0 Å². The molecule has 26 heavy (non-hydrogen) atoms. The zero-order valence-electron chi connectivity index (χ0n) is 15.5. The van der Waals surface area contributed by atoms with Gasteiger partial charge in [0.15, 0.2) is 5.65 Å². The monoisotopic (exact) mass is 348 g/mol. The van der Waals surface area contributed by atoms with E-state index in [1.54, 1.807) is 4.68 Å². The highest BCUT2D eigenvalue weighted by molar-refractivity contribution is 5.92. The van der Waals surface area contributed by atoms with Gasteiger partial charge in [0.05, 0.1) is 5.69 Å². The van der Waals surface area contributed by atoms with Crippen molar-refractivity contribution in [2.45, 2.75) is 52.0 Å². The molecule has 0 aliphatic heterocycles. The maximum atomic E-state index is 12.5. The smallest absolute Gasteiger partial charge is 0.246 e. The number of benzene rings is 1. The molecule has 134 valence electrons. The van der Waals surface area contributed by atoms with Crippen LogP contribution in [0.25, 0.3) is 11.0 Å². The van der Waals surface area contributed by atoms with Crippen molar-refractivity contribution >= 4 is 22.6 Å². The van der Waals surface area contributed by atoms with E-state index in [9.17, 15) is 4.79 Å². The van der Waals surface area contributed by atoms with Crippen LogP contribution in [0.2, 0.25) is 0 Å². The van der Waals surface area contributed by atoms with Crippen LogP contribution in [-0.2, 0) is 11.3 Å². The van der Waals surface area contributed by atoms with Gasteiger partial charge in [0.1, 0.15) is 6.54 Å². The highest BCUT2D eigenvalue weighted by atomic mass is 16.2. The summed E-state index contributed by atoms with van der Waals surface area (Å²) in [5.41, 5.74) is 5.14. The Bertz CT molecular complexity index is 952. The number of pyridine rings is 1. The second kappa shape index (κ2) is 6.56. The molecule has 0 spiro atoms. The average molecular weight is 348 g/mol. The van der Waals surface area contributed by atoms with Gasteiger partial charge in [-0.2, -0.15) is 5.10 Å². The Hall–Kier alpha value is -2.69. The third-order valence-corrected chi connectivity index (χ3v) is 5.01. The average Bonchev–Trinajstić information content (AvgIpc) is 3.41. The Morgan fingerprint density at radius 1 is 1.23 bits per heavy atom. The predicted octanol–water partition coefficient (Wildman–Crippen LogP) is 4.38.